The summed E-state index contributed by atoms with van der Waals surface area (Å²) >= 11 is 0. The van der Waals surface area contributed by atoms with Crippen LogP contribution in [0.2, 0.25) is 0 Å². The van der Waals surface area contributed by atoms with Crippen molar-refractivity contribution >= 4 is 17.5 Å². The summed E-state index contributed by atoms with van der Waals surface area (Å²) in [5, 5.41) is 8.62. The predicted octanol–water partition coefficient (Wildman–Crippen LogP) is 5.35. The molecule has 4 heteroatoms. The summed E-state index contributed by atoms with van der Waals surface area (Å²) in [5.74, 6) is 0.237. The Morgan fingerprint density at radius 3 is 2.58 bits per heavy atom. The molecule has 1 fully saturated rings. The highest BCUT2D eigenvalue weighted by Crippen LogP contribution is 2.36. The maximum atomic E-state index is 12.6. The van der Waals surface area contributed by atoms with Crippen molar-refractivity contribution in [3.63, 3.8) is 0 Å². The van der Waals surface area contributed by atoms with E-state index in [1.165, 1.54) is 0 Å². The molecule has 0 bridgehead atoms. The second-order valence-corrected chi connectivity index (χ2v) is 8.31. The molecule has 1 aliphatic rings. The molecule has 0 radical (unpaired) electrons. The van der Waals surface area contributed by atoms with Gasteiger partial charge in [-0.1, -0.05) is 45.8 Å². The Bertz CT molecular complexity index is 504. The van der Waals surface area contributed by atoms with E-state index in [4.69, 9.17) is 5.11 Å². The average Bonchev–Trinajstić information content (AvgIpc) is 2.93. The Morgan fingerprint density at radius 1 is 1.19 bits per heavy atom. The fourth-order valence-electron chi connectivity index (χ4n) is 3.79. The molecule has 0 heterocycles. The third-order valence-corrected chi connectivity index (χ3v) is 5.71. The van der Waals surface area contributed by atoms with Crippen LogP contribution < -0.4 is 0 Å². The lowest BCUT2D eigenvalue weighted by molar-refractivity contribution is -0.137. The number of hydrogen-bond donors (Lipinski definition) is 1. The highest BCUT2D eigenvalue weighted by Gasteiger charge is 2.35. The zero-order valence-corrected chi connectivity index (χ0v) is 16.8. The number of hydrogen-bond acceptors (Lipinski definition) is 3. The second-order valence-electron chi connectivity index (χ2n) is 8.31. The molecule has 1 N–H and O–H groups in total. The molecule has 0 saturated heterocycles. The van der Waals surface area contributed by atoms with E-state index >= 15 is 0 Å². The van der Waals surface area contributed by atoms with E-state index in [2.05, 4.69) is 6.92 Å². The minimum Gasteiger partial charge on any atom is -0.481 e. The summed E-state index contributed by atoms with van der Waals surface area (Å²) < 4.78 is 0. The van der Waals surface area contributed by atoms with Gasteiger partial charge in [-0.05, 0) is 44.4 Å². The van der Waals surface area contributed by atoms with Crippen LogP contribution in [0.5, 0.6) is 0 Å². The van der Waals surface area contributed by atoms with Gasteiger partial charge in [-0.3, -0.25) is 14.4 Å². The van der Waals surface area contributed by atoms with Crippen LogP contribution in [0.4, 0.5) is 0 Å². The number of Topliss-reactive ketones (excluding diaryl/α,β-unsaturated/α-hetero) is 2. The van der Waals surface area contributed by atoms with E-state index in [9.17, 15) is 14.4 Å². The zero-order valence-electron chi connectivity index (χ0n) is 16.8. The van der Waals surface area contributed by atoms with Gasteiger partial charge in [0.2, 0.25) is 0 Å². The molecule has 0 amide bonds. The normalized spacial score (nSPS) is 20.8. The van der Waals surface area contributed by atoms with Gasteiger partial charge in [-0.2, -0.15) is 0 Å². The Hall–Kier alpha value is -1.45. The van der Waals surface area contributed by atoms with Gasteiger partial charge in [0.25, 0.3) is 0 Å². The minimum absolute atomic E-state index is 0.0391. The number of rotatable bonds is 13. The fourth-order valence-corrected chi connectivity index (χ4v) is 3.79. The molecule has 26 heavy (non-hydrogen) atoms. The van der Waals surface area contributed by atoms with Crippen LogP contribution in [-0.2, 0) is 14.4 Å². The second kappa shape index (κ2) is 11.3. The first-order valence-corrected chi connectivity index (χ1v) is 10.2. The van der Waals surface area contributed by atoms with Crippen molar-refractivity contribution in [2.45, 2.75) is 91.4 Å². The lowest BCUT2D eigenvalue weighted by atomic mass is 9.79. The number of ketones is 2. The Kier molecular flexibility index (Phi) is 9.82. The van der Waals surface area contributed by atoms with Crippen molar-refractivity contribution in [2.24, 2.45) is 17.3 Å². The zero-order chi connectivity index (χ0) is 19.6. The Morgan fingerprint density at radius 2 is 1.92 bits per heavy atom. The quantitative estimate of drug-likeness (QED) is 0.353. The first-order chi connectivity index (χ1) is 12.3. The summed E-state index contributed by atoms with van der Waals surface area (Å²) in [6, 6.07) is 0. The third-order valence-electron chi connectivity index (χ3n) is 5.71. The summed E-state index contributed by atoms with van der Waals surface area (Å²) in [6.07, 6.45) is 12.4. The summed E-state index contributed by atoms with van der Waals surface area (Å²) in [5.41, 5.74) is -0.252. The van der Waals surface area contributed by atoms with Crippen LogP contribution in [0.3, 0.4) is 0 Å². The topological polar surface area (TPSA) is 71.4 Å². The van der Waals surface area contributed by atoms with Crippen molar-refractivity contribution in [2.75, 3.05) is 0 Å². The van der Waals surface area contributed by atoms with E-state index in [1.54, 1.807) is 0 Å². The number of carbonyl (C=O) groups is 3. The fraction of sp³-hybridized carbons (Fsp3) is 0.773. The molecule has 0 aromatic rings. The highest BCUT2D eigenvalue weighted by molar-refractivity contribution is 5.85. The molecular formula is C22H36O4. The monoisotopic (exact) mass is 364 g/mol. The molecule has 4 nitrogen and oxygen atoms in total. The SMILES string of the molecule is CCCCC(C)(C)C(=O)CC[C@H]1CCC(=O)[C@@H]1C/C=C\CCCC(=O)O. The van der Waals surface area contributed by atoms with Crippen LogP contribution in [0, 0.1) is 17.3 Å². The molecule has 0 aromatic carbocycles. The van der Waals surface area contributed by atoms with E-state index in [1.807, 2.05) is 26.0 Å². The van der Waals surface area contributed by atoms with Gasteiger partial charge in [-0.15, -0.1) is 0 Å². The maximum Gasteiger partial charge on any atom is 0.303 e. The van der Waals surface area contributed by atoms with Gasteiger partial charge in [0.15, 0.2) is 0 Å². The number of allylic oxidation sites excluding steroid dienone is 2. The molecule has 1 rings (SSSR count). The van der Waals surface area contributed by atoms with Gasteiger partial charge < -0.3 is 5.11 Å². The molecular weight excluding hydrogens is 328 g/mol. The standard InChI is InChI=1S/C22H36O4/c1-4-5-16-22(2,3)20(24)15-13-17-12-14-19(23)18(17)10-8-6-7-9-11-21(25)26/h6,8,17-18H,4-5,7,9-16H2,1-3H3,(H,25,26)/b8-6-/t17-,18-/m1/s1. The molecule has 0 unspecified atom stereocenters. The lowest BCUT2D eigenvalue weighted by Crippen LogP contribution is -2.25. The molecule has 2 atom stereocenters. The molecule has 148 valence electrons. The van der Waals surface area contributed by atoms with E-state index in [0.717, 1.165) is 44.9 Å². The summed E-state index contributed by atoms with van der Waals surface area (Å²) in [7, 11) is 0. The van der Waals surface area contributed by atoms with E-state index in [-0.39, 0.29) is 17.8 Å². The van der Waals surface area contributed by atoms with E-state index in [0.29, 0.717) is 36.7 Å². The van der Waals surface area contributed by atoms with Crippen LogP contribution in [0.15, 0.2) is 12.2 Å². The maximum absolute atomic E-state index is 12.6. The Labute approximate surface area is 158 Å². The van der Waals surface area contributed by atoms with Crippen LogP contribution in [0.1, 0.15) is 91.4 Å². The molecule has 1 aliphatic carbocycles. The predicted molar refractivity (Wildman–Crippen MR) is 104 cm³/mol. The Balaban J connectivity index is 2.43. The summed E-state index contributed by atoms with van der Waals surface area (Å²) in [6.45, 7) is 6.23. The van der Waals surface area contributed by atoms with Crippen LogP contribution in [-0.4, -0.2) is 22.6 Å². The van der Waals surface area contributed by atoms with Crippen molar-refractivity contribution in [3.05, 3.63) is 12.2 Å². The molecule has 0 aromatic heterocycles. The molecule has 0 aliphatic heterocycles. The number of carboxylic acids is 1. The number of aliphatic carboxylic acids is 1. The minimum atomic E-state index is -0.768. The number of carbonyl (C=O) groups excluding carboxylic acids is 2. The van der Waals surface area contributed by atoms with Gasteiger partial charge in [0, 0.05) is 30.6 Å². The van der Waals surface area contributed by atoms with Crippen molar-refractivity contribution in [1.82, 2.24) is 0 Å². The van der Waals surface area contributed by atoms with Crippen LogP contribution in [0.25, 0.3) is 0 Å². The van der Waals surface area contributed by atoms with Crippen LogP contribution >= 0.6 is 0 Å². The van der Waals surface area contributed by atoms with Gasteiger partial charge in [-0.25, -0.2) is 0 Å². The largest absolute Gasteiger partial charge is 0.481 e. The van der Waals surface area contributed by atoms with Crippen molar-refractivity contribution in [1.29, 1.82) is 0 Å². The number of carboxylic acid groups (broad SMARTS) is 1. The number of unbranched alkanes of at least 4 members (excludes halogenated alkanes) is 2. The summed E-state index contributed by atoms with van der Waals surface area (Å²) in [4.78, 5) is 35.2. The highest BCUT2D eigenvalue weighted by atomic mass is 16.4. The van der Waals surface area contributed by atoms with Gasteiger partial charge in [0.05, 0.1) is 0 Å². The lowest BCUT2D eigenvalue weighted by Gasteiger charge is -2.24. The molecule has 0 spiro atoms. The van der Waals surface area contributed by atoms with Crippen molar-refractivity contribution in [3.8, 4) is 0 Å². The molecule has 1 saturated carbocycles. The van der Waals surface area contributed by atoms with Gasteiger partial charge >= 0.3 is 5.97 Å². The van der Waals surface area contributed by atoms with Gasteiger partial charge in [0.1, 0.15) is 11.6 Å². The van der Waals surface area contributed by atoms with E-state index < -0.39 is 5.97 Å². The first-order valence-electron chi connectivity index (χ1n) is 10.2. The smallest absolute Gasteiger partial charge is 0.303 e. The third kappa shape index (κ3) is 7.84. The average molecular weight is 365 g/mol. The van der Waals surface area contributed by atoms with Crippen molar-refractivity contribution < 1.29 is 19.5 Å². The first kappa shape index (κ1) is 22.6.